The standard InChI is InChI=1S/C20H30N2O3/c1-13-4-5-18(10-14(13)2)22-12-17(11-19(22)23)15(3)21-8-6-16(7-9-21)20(24)25/h4,10,15-18H,5-9,11-12H2,1-3H3,(H,24,25). The van der Waals surface area contributed by atoms with Gasteiger partial charge in [-0.2, -0.15) is 0 Å². The first-order valence-electron chi connectivity index (χ1n) is 9.48. The van der Waals surface area contributed by atoms with E-state index in [4.69, 9.17) is 5.11 Å². The zero-order valence-corrected chi connectivity index (χ0v) is 15.6. The Morgan fingerprint density at radius 2 is 1.92 bits per heavy atom. The first kappa shape index (κ1) is 18.2. The Labute approximate surface area is 150 Å². The molecule has 5 heteroatoms. The molecule has 0 aromatic carbocycles. The summed E-state index contributed by atoms with van der Waals surface area (Å²) in [4.78, 5) is 28.1. The van der Waals surface area contributed by atoms with Crippen LogP contribution in [0.15, 0.2) is 23.3 Å². The molecule has 3 aliphatic rings. The van der Waals surface area contributed by atoms with E-state index in [1.807, 2.05) is 0 Å². The van der Waals surface area contributed by atoms with Crippen LogP contribution in [0.4, 0.5) is 0 Å². The molecule has 3 unspecified atom stereocenters. The van der Waals surface area contributed by atoms with Crippen molar-refractivity contribution in [1.82, 2.24) is 9.80 Å². The molecule has 138 valence electrons. The minimum atomic E-state index is -0.669. The van der Waals surface area contributed by atoms with Gasteiger partial charge in [0.05, 0.1) is 12.0 Å². The SMILES string of the molecule is CC1=CCC(N2CC(C(C)N3CCC(C(=O)O)CC3)CC2=O)C=C1C. The summed E-state index contributed by atoms with van der Waals surface area (Å²) in [6.45, 7) is 8.92. The van der Waals surface area contributed by atoms with Crippen LogP contribution in [0.3, 0.4) is 0 Å². The van der Waals surface area contributed by atoms with E-state index in [0.29, 0.717) is 18.4 Å². The van der Waals surface area contributed by atoms with Crippen LogP contribution < -0.4 is 0 Å². The molecule has 1 amide bonds. The number of rotatable bonds is 4. The number of carbonyl (C=O) groups excluding carboxylic acids is 1. The van der Waals surface area contributed by atoms with Crippen molar-refractivity contribution in [1.29, 1.82) is 0 Å². The van der Waals surface area contributed by atoms with E-state index in [1.165, 1.54) is 11.1 Å². The normalized spacial score (nSPS) is 30.2. The third-order valence-electron chi connectivity index (χ3n) is 6.46. The minimum Gasteiger partial charge on any atom is -0.481 e. The number of carbonyl (C=O) groups is 2. The fraction of sp³-hybridized carbons (Fsp3) is 0.700. The largest absolute Gasteiger partial charge is 0.481 e. The number of carboxylic acids is 1. The Morgan fingerprint density at radius 1 is 1.24 bits per heavy atom. The molecular formula is C20H30N2O3. The predicted molar refractivity (Wildman–Crippen MR) is 97.1 cm³/mol. The molecule has 1 N–H and O–H groups in total. The van der Waals surface area contributed by atoms with Crippen LogP contribution >= 0.6 is 0 Å². The summed E-state index contributed by atoms with van der Waals surface area (Å²) in [5.41, 5.74) is 2.59. The second-order valence-electron chi connectivity index (χ2n) is 7.94. The molecule has 2 aliphatic heterocycles. The predicted octanol–water partition coefficient (Wildman–Crippen LogP) is 2.68. The van der Waals surface area contributed by atoms with Crippen molar-refractivity contribution in [2.24, 2.45) is 11.8 Å². The van der Waals surface area contributed by atoms with Gasteiger partial charge in [-0.3, -0.25) is 9.59 Å². The van der Waals surface area contributed by atoms with Gasteiger partial charge in [0.15, 0.2) is 0 Å². The highest BCUT2D eigenvalue weighted by molar-refractivity contribution is 5.79. The average molecular weight is 346 g/mol. The molecule has 3 atom stereocenters. The fourth-order valence-corrected chi connectivity index (χ4v) is 4.42. The lowest BCUT2D eigenvalue weighted by atomic mass is 9.92. The maximum atomic E-state index is 12.6. The molecule has 5 nitrogen and oxygen atoms in total. The number of carboxylic acid groups (broad SMARTS) is 1. The van der Waals surface area contributed by atoms with Crippen molar-refractivity contribution in [3.8, 4) is 0 Å². The molecule has 2 heterocycles. The Balaban J connectivity index is 1.58. The second kappa shape index (κ2) is 7.32. The quantitative estimate of drug-likeness (QED) is 0.850. The van der Waals surface area contributed by atoms with Crippen LogP contribution in [0.2, 0.25) is 0 Å². The number of aliphatic carboxylic acids is 1. The Morgan fingerprint density at radius 3 is 2.52 bits per heavy atom. The Kier molecular flexibility index (Phi) is 5.32. The molecule has 0 aromatic rings. The molecule has 25 heavy (non-hydrogen) atoms. The highest BCUT2D eigenvalue weighted by Gasteiger charge is 2.39. The smallest absolute Gasteiger partial charge is 0.306 e. The van der Waals surface area contributed by atoms with E-state index in [-0.39, 0.29) is 17.9 Å². The number of piperidine rings is 1. The van der Waals surface area contributed by atoms with Gasteiger partial charge in [0.2, 0.25) is 5.91 Å². The number of nitrogens with zero attached hydrogens (tertiary/aromatic N) is 2. The van der Waals surface area contributed by atoms with Gasteiger partial charge in [0.1, 0.15) is 0 Å². The molecule has 0 radical (unpaired) electrons. The number of hydrogen-bond donors (Lipinski definition) is 1. The number of hydrogen-bond acceptors (Lipinski definition) is 3. The second-order valence-corrected chi connectivity index (χ2v) is 7.94. The number of likely N-dealkylation sites (tertiary alicyclic amines) is 2. The molecule has 1 aliphatic carbocycles. The molecule has 3 rings (SSSR count). The van der Waals surface area contributed by atoms with E-state index in [2.05, 4.69) is 42.7 Å². The molecule has 0 spiro atoms. The Hall–Kier alpha value is -1.62. The Bertz CT molecular complexity index is 602. The van der Waals surface area contributed by atoms with Crippen molar-refractivity contribution < 1.29 is 14.7 Å². The third-order valence-corrected chi connectivity index (χ3v) is 6.46. The summed E-state index contributed by atoms with van der Waals surface area (Å²) in [5, 5.41) is 9.15. The van der Waals surface area contributed by atoms with E-state index < -0.39 is 5.97 Å². The monoisotopic (exact) mass is 346 g/mol. The summed E-state index contributed by atoms with van der Waals surface area (Å²) in [7, 11) is 0. The van der Waals surface area contributed by atoms with Crippen molar-refractivity contribution >= 4 is 11.9 Å². The van der Waals surface area contributed by atoms with Gasteiger partial charge in [0.25, 0.3) is 0 Å². The van der Waals surface area contributed by atoms with Gasteiger partial charge in [-0.05, 0) is 53.1 Å². The zero-order chi connectivity index (χ0) is 18.1. The number of allylic oxidation sites excluding steroid dienone is 2. The van der Waals surface area contributed by atoms with Crippen molar-refractivity contribution in [2.75, 3.05) is 19.6 Å². The van der Waals surface area contributed by atoms with Gasteiger partial charge in [-0.15, -0.1) is 0 Å². The summed E-state index contributed by atoms with van der Waals surface area (Å²) < 4.78 is 0. The highest BCUT2D eigenvalue weighted by Crippen LogP contribution is 2.31. The van der Waals surface area contributed by atoms with Crippen LogP contribution in [-0.2, 0) is 9.59 Å². The summed E-state index contributed by atoms with van der Waals surface area (Å²) in [5.74, 6) is -0.262. The van der Waals surface area contributed by atoms with Gasteiger partial charge >= 0.3 is 5.97 Å². The third kappa shape index (κ3) is 3.81. The first-order chi connectivity index (χ1) is 11.9. The summed E-state index contributed by atoms with van der Waals surface area (Å²) in [6, 6.07) is 0.529. The molecule has 2 saturated heterocycles. The van der Waals surface area contributed by atoms with Crippen molar-refractivity contribution in [3.05, 3.63) is 23.3 Å². The highest BCUT2D eigenvalue weighted by atomic mass is 16.4. The maximum absolute atomic E-state index is 12.6. The lowest BCUT2D eigenvalue weighted by Gasteiger charge is -2.37. The van der Waals surface area contributed by atoms with Crippen LogP contribution in [0.5, 0.6) is 0 Å². The molecular weight excluding hydrogens is 316 g/mol. The maximum Gasteiger partial charge on any atom is 0.306 e. The fourth-order valence-electron chi connectivity index (χ4n) is 4.42. The molecule has 0 saturated carbocycles. The average Bonchev–Trinajstić information content (AvgIpc) is 2.98. The number of amides is 1. The van der Waals surface area contributed by atoms with Crippen molar-refractivity contribution in [2.45, 2.75) is 58.5 Å². The lowest BCUT2D eigenvalue weighted by molar-refractivity contribution is -0.143. The van der Waals surface area contributed by atoms with E-state index >= 15 is 0 Å². The van der Waals surface area contributed by atoms with Crippen LogP contribution in [0, 0.1) is 11.8 Å². The molecule has 0 bridgehead atoms. The lowest BCUT2D eigenvalue weighted by Crippen LogP contribution is -2.45. The molecule has 2 fully saturated rings. The first-order valence-corrected chi connectivity index (χ1v) is 9.48. The summed E-state index contributed by atoms with van der Waals surface area (Å²) in [6.07, 6.45) is 7.45. The van der Waals surface area contributed by atoms with Gasteiger partial charge in [-0.25, -0.2) is 0 Å². The minimum absolute atomic E-state index is 0.199. The summed E-state index contributed by atoms with van der Waals surface area (Å²) >= 11 is 0. The molecule has 0 aromatic heterocycles. The van der Waals surface area contributed by atoms with Crippen molar-refractivity contribution in [3.63, 3.8) is 0 Å². The van der Waals surface area contributed by atoms with Gasteiger partial charge in [-0.1, -0.05) is 23.3 Å². The van der Waals surface area contributed by atoms with E-state index in [0.717, 1.165) is 38.9 Å². The van der Waals surface area contributed by atoms with Crippen LogP contribution in [0.1, 0.15) is 46.5 Å². The van der Waals surface area contributed by atoms with Crippen LogP contribution in [0.25, 0.3) is 0 Å². The van der Waals surface area contributed by atoms with Gasteiger partial charge in [0, 0.05) is 24.9 Å². The van der Waals surface area contributed by atoms with E-state index in [9.17, 15) is 9.59 Å². The van der Waals surface area contributed by atoms with Gasteiger partial charge < -0.3 is 14.9 Å². The zero-order valence-electron chi connectivity index (χ0n) is 15.6. The topological polar surface area (TPSA) is 60.9 Å². The van der Waals surface area contributed by atoms with Crippen LogP contribution in [-0.4, -0.2) is 58.5 Å². The van der Waals surface area contributed by atoms with E-state index in [1.54, 1.807) is 0 Å².